The zero-order chi connectivity index (χ0) is 23.0. The number of hydrazine groups is 1. The minimum Gasteiger partial charge on any atom is -0.480 e. The minimum absolute atomic E-state index is 0.174. The maximum atomic E-state index is 13.3. The number of benzene rings is 2. The molecule has 2 heterocycles. The van der Waals surface area contributed by atoms with Crippen LogP contribution in [-0.2, 0) is 17.4 Å². The largest absolute Gasteiger partial charge is 0.480 e. The van der Waals surface area contributed by atoms with Gasteiger partial charge in [0, 0.05) is 17.1 Å². The third-order valence-electron chi connectivity index (χ3n) is 6.01. The van der Waals surface area contributed by atoms with E-state index >= 15 is 0 Å². The van der Waals surface area contributed by atoms with Crippen LogP contribution >= 0.6 is 0 Å². The first-order chi connectivity index (χ1) is 15.2. The molecule has 4 rings (SSSR count). The van der Waals surface area contributed by atoms with Crippen LogP contribution in [-0.4, -0.2) is 39.3 Å². The lowest BCUT2D eigenvalue weighted by Gasteiger charge is -2.22. The van der Waals surface area contributed by atoms with Crippen LogP contribution in [0.5, 0.6) is 0 Å². The summed E-state index contributed by atoms with van der Waals surface area (Å²) < 4.78 is 40.0. The lowest BCUT2D eigenvalue weighted by Crippen LogP contribution is -2.43. The van der Waals surface area contributed by atoms with Crippen LogP contribution in [0, 0.1) is 0 Å². The normalized spacial score (nSPS) is 22.6. The van der Waals surface area contributed by atoms with Gasteiger partial charge in [-0.15, -0.1) is 0 Å². The fourth-order valence-electron chi connectivity index (χ4n) is 4.41. The van der Waals surface area contributed by atoms with E-state index in [-0.39, 0.29) is 18.0 Å². The first kappa shape index (κ1) is 22.3. The first-order valence-electron chi connectivity index (χ1n) is 10.4. The summed E-state index contributed by atoms with van der Waals surface area (Å²) in [5.74, 6) is -1.43. The van der Waals surface area contributed by atoms with Gasteiger partial charge >= 0.3 is 12.1 Å². The number of carbonyl (C=O) groups is 1. The topological polar surface area (TPSA) is 94.2 Å². The van der Waals surface area contributed by atoms with E-state index < -0.39 is 35.8 Å². The molecule has 170 valence electrons. The Kier molecular flexibility index (Phi) is 5.98. The number of aromatic amines is 1. The first-order valence-corrected chi connectivity index (χ1v) is 10.4. The molecule has 0 bridgehead atoms. The average molecular weight is 446 g/mol. The molecular weight excluding hydrogens is 421 g/mol. The molecule has 1 aliphatic rings. The lowest BCUT2D eigenvalue weighted by atomic mass is 9.92. The number of nitrogens with zero attached hydrogens (tertiary/aromatic N) is 1. The maximum Gasteiger partial charge on any atom is 0.416 e. The Morgan fingerprint density at radius 3 is 2.62 bits per heavy atom. The van der Waals surface area contributed by atoms with Gasteiger partial charge in [0.25, 0.3) is 0 Å². The zero-order valence-corrected chi connectivity index (χ0v) is 17.4. The van der Waals surface area contributed by atoms with Crippen molar-refractivity contribution in [3.63, 3.8) is 0 Å². The highest BCUT2D eigenvalue weighted by Gasteiger charge is 2.53. The van der Waals surface area contributed by atoms with Crippen LogP contribution in [0.2, 0.25) is 0 Å². The Morgan fingerprint density at radius 2 is 1.91 bits per heavy atom. The molecular formula is C23H25F3N4O2. The second kappa shape index (κ2) is 8.57. The zero-order valence-electron chi connectivity index (χ0n) is 17.4. The van der Waals surface area contributed by atoms with Crippen molar-refractivity contribution in [2.45, 2.75) is 50.1 Å². The summed E-state index contributed by atoms with van der Waals surface area (Å²) in [5, 5.41) is 12.2. The van der Waals surface area contributed by atoms with E-state index in [1.165, 1.54) is 12.1 Å². The number of alkyl halides is 3. The second-order valence-electron chi connectivity index (χ2n) is 8.28. The summed E-state index contributed by atoms with van der Waals surface area (Å²) >= 11 is 0. The number of aliphatic carboxylic acids is 1. The number of rotatable bonds is 8. The van der Waals surface area contributed by atoms with Gasteiger partial charge < -0.3 is 15.8 Å². The molecule has 5 N–H and O–H groups in total. The summed E-state index contributed by atoms with van der Waals surface area (Å²) in [6.07, 6.45) is -2.54. The molecule has 0 amide bonds. The number of aromatic nitrogens is 1. The molecule has 32 heavy (non-hydrogen) atoms. The molecule has 1 saturated heterocycles. The number of carboxylic acids is 1. The number of nitrogens with two attached hydrogens (primary N) is 1. The fraction of sp³-hybridized carbons (Fsp3) is 0.348. The van der Waals surface area contributed by atoms with Crippen molar-refractivity contribution in [1.82, 2.24) is 15.4 Å². The molecule has 1 fully saturated rings. The molecule has 1 aromatic heterocycles. The SMILES string of the molecule is CC(CC(N)NN1[C@H](C(=O)O)[C@@H]1Cc1c[nH]c2ccccc12)c1ccccc1C(F)(F)F. The van der Waals surface area contributed by atoms with Crippen molar-refractivity contribution < 1.29 is 23.1 Å². The van der Waals surface area contributed by atoms with Gasteiger partial charge in [0.1, 0.15) is 6.04 Å². The highest BCUT2D eigenvalue weighted by molar-refractivity contribution is 5.84. The minimum atomic E-state index is -4.44. The summed E-state index contributed by atoms with van der Waals surface area (Å²) in [7, 11) is 0. The predicted octanol–water partition coefficient (Wildman–Crippen LogP) is 3.85. The third-order valence-corrected chi connectivity index (χ3v) is 6.01. The Balaban J connectivity index is 1.42. The Labute approximate surface area is 183 Å². The number of H-pyrrole nitrogens is 1. The molecule has 5 atom stereocenters. The summed E-state index contributed by atoms with van der Waals surface area (Å²) in [4.78, 5) is 14.9. The van der Waals surface area contributed by atoms with Crippen molar-refractivity contribution >= 4 is 16.9 Å². The summed E-state index contributed by atoms with van der Waals surface area (Å²) in [6.45, 7) is 1.69. The summed E-state index contributed by atoms with van der Waals surface area (Å²) in [6, 6.07) is 12.2. The van der Waals surface area contributed by atoms with Crippen LogP contribution in [0.15, 0.2) is 54.7 Å². The van der Waals surface area contributed by atoms with E-state index in [4.69, 9.17) is 5.73 Å². The molecule has 0 radical (unpaired) electrons. The van der Waals surface area contributed by atoms with E-state index in [2.05, 4.69) is 10.4 Å². The molecule has 6 nitrogen and oxygen atoms in total. The van der Waals surface area contributed by atoms with Gasteiger partial charge in [-0.05, 0) is 42.0 Å². The van der Waals surface area contributed by atoms with Crippen molar-refractivity contribution in [3.8, 4) is 0 Å². The highest BCUT2D eigenvalue weighted by Crippen LogP contribution is 2.37. The van der Waals surface area contributed by atoms with Gasteiger partial charge in [0.05, 0.1) is 17.8 Å². The van der Waals surface area contributed by atoms with Crippen LogP contribution in [0.3, 0.4) is 0 Å². The third kappa shape index (κ3) is 4.50. The molecule has 2 aromatic carbocycles. The highest BCUT2D eigenvalue weighted by atomic mass is 19.4. The van der Waals surface area contributed by atoms with Crippen molar-refractivity contribution in [2.24, 2.45) is 5.73 Å². The molecule has 0 saturated carbocycles. The molecule has 9 heteroatoms. The molecule has 3 unspecified atom stereocenters. The van der Waals surface area contributed by atoms with Gasteiger partial charge in [-0.3, -0.25) is 4.79 Å². The van der Waals surface area contributed by atoms with Gasteiger partial charge in [-0.2, -0.15) is 13.2 Å². The average Bonchev–Trinajstić information content (AvgIpc) is 3.25. The second-order valence-corrected chi connectivity index (χ2v) is 8.28. The van der Waals surface area contributed by atoms with Crippen LogP contribution < -0.4 is 11.2 Å². The number of para-hydroxylation sites is 1. The predicted molar refractivity (Wildman–Crippen MR) is 115 cm³/mol. The van der Waals surface area contributed by atoms with E-state index in [1.807, 2.05) is 30.5 Å². The van der Waals surface area contributed by atoms with Crippen molar-refractivity contribution in [2.75, 3.05) is 0 Å². The quantitative estimate of drug-likeness (QED) is 0.312. The fourth-order valence-corrected chi connectivity index (χ4v) is 4.41. The smallest absolute Gasteiger partial charge is 0.416 e. The molecule has 0 aliphatic carbocycles. The number of carboxylic acid groups (broad SMARTS) is 1. The molecule has 1 aliphatic heterocycles. The van der Waals surface area contributed by atoms with Gasteiger partial charge in [0.2, 0.25) is 0 Å². The van der Waals surface area contributed by atoms with E-state index in [0.29, 0.717) is 6.42 Å². The van der Waals surface area contributed by atoms with Crippen LogP contribution in [0.1, 0.15) is 36.0 Å². The van der Waals surface area contributed by atoms with E-state index in [0.717, 1.165) is 22.5 Å². The monoisotopic (exact) mass is 446 g/mol. The number of nitrogens with one attached hydrogen (secondary N) is 2. The Bertz CT molecular complexity index is 1110. The standard InChI is InChI=1S/C23H25F3N4O2/c1-13(15-6-2-4-8-17(15)23(24,25)26)10-20(27)29-30-19(21(30)22(31)32)11-14-12-28-18-9-5-3-7-16(14)18/h2-9,12-13,19-21,28-29H,10-11,27H2,1H3,(H,31,32)/t13?,19-,20?,21-,30?/m0/s1. The number of hydrogen-bond acceptors (Lipinski definition) is 4. The van der Waals surface area contributed by atoms with Gasteiger partial charge in [-0.25, -0.2) is 10.4 Å². The lowest BCUT2D eigenvalue weighted by molar-refractivity contribution is -0.139. The summed E-state index contributed by atoms with van der Waals surface area (Å²) in [5.41, 5.74) is 10.6. The van der Waals surface area contributed by atoms with Gasteiger partial charge in [-0.1, -0.05) is 43.3 Å². The number of hydrogen-bond donors (Lipinski definition) is 4. The van der Waals surface area contributed by atoms with E-state index in [1.54, 1.807) is 18.0 Å². The Morgan fingerprint density at radius 1 is 1.22 bits per heavy atom. The maximum absolute atomic E-state index is 13.3. The molecule has 0 spiro atoms. The van der Waals surface area contributed by atoms with Crippen LogP contribution in [0.25, 0.3) is 10.9 Å². The number of halogens is 3. The van der Waals surface area contributed by atoms with Gasteiger partial charge in [0.15, 0.2) is 0 Å². The van der Waals surface area contributed by atoms with E-state index in [9.17, 15) is 23.1 Å². The van der Waals surface area contributed by atoms with Crippen molar-refractivity contribution in [1.29, 1.82) is 0 Å². The van der Waals surface area contributed by atoms with Crippen LogP contribution in [0.4, 0.5) is 13.2 Å². The number of fused-ring (bicyclic) bond motifs is 1. The Hall–Kier alpha value is -2.88. The van der Waals surface area contributed by atoms with Crippen molar-refractivity contribution in [3.05, 3.63) is 71.4 Å². The molecule has 3 aromatic rings.